The standard InChI is InChI=1S/C27H35N5O2/c1-17-6-8-22(9-7-17)29-27-30-24-11-13-32(20(4)16-33-5)12-10-23(24)26(31-27)34-25-18(2)14-21(28)15-19(25)3/h6-9,14-15,20H,10-13,16,28H2,1-5H3,(H,29,30,31). The molecule has 2 aromatic carbocycles. The summed E-state index contributed by atoms with van der Waals surface area (Å²) < 4.78 is 11.9. The molecule has 180 valence electrons. The van der Waals surface area contributed by atoms with Crippen LogP contribution in [0.4, 0.5) is 17.3 Å². The van der Waals surface area contributed by atoms with Crippen LogP contribution in [0.25, 0.3) is 0 Å². The Morgan fingerprint density at radius 3 is 2.38 bits per heavy atom. The Kier molecular flexibility index (Phi) is 7.34. The first-order valence-corrected chi connectivity index (χ1v) is 11.8. The molecule has 4 rings (SSSR count). The topological polar surface area (TPSA) is 85.5 Å². The molecule has 1 unspecified atom stereocenters. The second kappa shape index (κ2) is 10.4. The lowest BCUT2D eigenvalue weighted by atomic mass is 10.1. The molecule has 0 fully saturated rings. The lowest BCUT2D eigenvalue weighted by Gasteiger charge is -2.26. The Labute approximate surface area is 202 Å². The van der Waals surface area contributed by atoms with Gasteiger partial charge in [0.1, 0.15) is 5.75 Å². The van der Waals surface area contributed by atoms with E-state index in [-0.39, 0.29) is 0 Å². The number of hydrogen-bond donors (Lipinski definition) is 2. The van der Waals surface area contributed by atoms with Crippen molar-refractivity contribution in [1.29, 1.82) is 0 Å². The molecule has 0 spiro atoms. The minimum atomic E-state index is 0.336. The summed E-state index contributed by atoms with van der Waals surface area (Å²) in [5.41, 5.74) is 13.0. The Bertz CT molecular complexity index is 1120. The van der Waals surface area contributed by atoms with Crippen LogP contribution < -0.4 is 15.8 Å². The molecular weight excluding hydrogens is 426 g/mol. The minimum absolute atomic E-state index is 0.336. The number of methoxy groups -OCH3 is 1. The van der Waals surface area contributed by atoms with Crippen molar-refractivity contribution in [2.45, 2.75) is 46.6 Å². The molecule has 1 aromatic heterocycles. The van der Waals surface area contributed by atoms with Gasteiger partial charge in [-0.05, 0) is 69.5 Å². The number of hydrogen-bond acceptors (Lipinski definition) is 7. The molecule has 0 saturated heterocycles. The van der Waals surface area contributed by atoms with E-state index in [1.54, 1.807) is 7.11 Å². The molecule has 0 saturated carbocycles. The highest BCUT2D eigenvalue weighted by atomic mass is 16.5. The molecule has 7 heteroatoms. The van der Waals surface area contributed by atoms with Gasteiger partial charge in [-0.3, -0.25) is 4.90 Å². The van der Waals surface area contributed by atoms with Crippen LogP contribution in [0.3, 0.4) is 0 Å². The first kappa shape index (κ1) is 24.0. The van der Waals surface area contributed by atoms with Crippen molar-refractivity contribution in [3.05, 3.63) is 64.3 Å². The molecule has 1 aliphatic rings. The highest BCUT2D eigenvalue weighted by Crippen LogP contribution is 2.34. The van der Waals surface area contributed by atoms with Gasteiger partial charge in [0, 0.05) is 49.6 Å². The first-order valence-electron chi connectivity index (χ1n) is 11.8. The SMILES string of the molecule is COCC(C)N1CCc2nc(Nc3ccc(C)cc3)nc(Oc3c(C)cc(N)cc3C)c2CC1. The van der Waals surface area contributed by atoms with Crippen molar-refractivity contribution < 1.29 is 9.47 Å². The third kappa shape index (κ3) is 5.48. The Hall–Kier alpha value is -3.16. The van der Waals surface area contributed by atoms with Crippen molar-refractivity contribution in [2.75, 3.05) is 37.9 Å². The van der Waals surface area contributed by atoms with Gasteiger partial charge >= 0.3 is 0 Å². The second-order valence-electron chi connectivity index (χ2n) is 9.19. The number of aryl methyl sites for hydroxylation is 3. The fourth-order valence-electron chi connectivity index (χ4n) is 4.52. The molecule has 1 atom stereocenters. The van der Waals surface area contributed by atoms with Crippen molar-refractivity contribution >= 4 is 17.3 Å². The van der Waals surface area contributed by atoms with Gasteiger partial charge in [0.2, 0.25) is 11.8 Å². The lowest BCUT2D eigenvalue weighted by molar-refractivity contribution is 0.102. The number of nitrogens with zero attached hydrogens (tertiary/aromatic N) is 3. The number of anilines is 3. The zero-order valence-corrected chi connectivity index (χ0v) is 20.8. The van der Waals surface area contributed by atoms with Crippen LogP contribution in [0.1, 0.15) is 34.9 Å². The van der Waals surface area contributed by atoms with Gasteiger partial charge in [0.05, 0.1) is 12.3 Å². The van der Waals surface area contributed by atoms with Crippen LogP contribution in [-0.2, 0) is 17.6 Å². The number of ether oxygens (including phenoxy) is 2. The molecule has 2 heterocycles. The number of nitrogens with two attached hydrogens (primary N) is 1. The number of aromatic nitrogens is 2. The minimum Gasteiger partial charge on any atom is -0.438 e. The molecule has 1 aliphatic heterocycles. The summed E-state index contributed by atoms with van der Waals surface area (Å²) in [4.78, 5) is 12.2. The van der Waals surface area contributed by atoms with E-state index >= 15 is 0 Å². The van der Waals surface area contributed by atoms with Gasteiger partial charge in [-0.25, -0.2) is 4.98 Å². The summed E-state index contributed by atoms with van der Waals surface area (Å²) in [6.07, 6.45) is 1.64. The first-order chi connectivity index (χ1) is 16.3. The van der Waals surface area contributed by atoms with Crippen molar-refractivity contribution in [2.24, 2.45) is 0 Å². The Balaban J connectivity index is 1.71. The molecule has 0 bridgehead atoms. The number of nitrogens with one attached hydrogen (secondary N) is 1. The summed E-state index contributed by atoms with van der Waals surface area (Å²) in [7, 11) is 1.75. The third-order valence-electron chi connectivity index (χ3n) is 6.36. The van der Waals surface area contributed by atoms with Gasteiger partial charge in [-0.1, -0.05) is 17.7 Å². The Morgan fingerprint density at radius 2 is 1.71 bits per heavy atom. The zero-order valence-electron chi connectivity index (χ0n) is 20.8. The maximum absolute atomic E-state index is 6.50. The number of fused-ring (bicyclic) bond motifs is 1. The summed E-state index contributed by atoms with van der Waals surface area (Å²) in [6.45, 7) is 10.8. The average molecular weight is 462 g/mol. The van der Waals surface area contributed by atoms with Gasteiger partial charge in [-0.2, -0.15) is 4.98 Å². The van der Waals surface area contributed by atoms with Crippen LogP contribution in [-0.4, -0.2) is 47.7 Å². The highest BCUT2D eigenvalue weighted by Gasteiger charge is 2.24. The summed E-state index contributed by atoms with van der Waals surface area (Å²) >= 11 is 0. The third-order valence-corrected chi connectivity index (χ3v) is 6.36. The fraction of sp³-hybridized carbons (Fsp3) is 0.407. The highest BCUT2D eigenvalue weighted by molar-refractivity contribution is 5.57. The number of nitrogen functional groups attached to an aromatic ring is 1. The van der Waals surface area contributed by atoms with Crippen molar-refractivity contribution in [3.8, 4) is 11.6 Å². The van der Waals surface area contributed by atoms with E-state index in [1.165, 1.54) is 5.56 Å². The maximum atomic E-state index is 6.50. The van der Waals surface area contributed by atoms with Gasteiger partial charge in [0.15, 0.2) is 0 Å². The predicted octanol–water partition coefficient (Wildman–Crippen LogP) is 4.96. The average Bonchev–Trinajstić information content (AvgIpc) is 3.01. The lowest BCUT2D eigenvalue weighted by Crippen LogP contribution is -2.38. The van der Waals surface area contributed by atoms with Gasteiger partial charge < -0.3 is 20.5 Å². The van der Waals surface area contributed by atoms with E-state index in [2.05, 4.69) is 36.2 Å². The van der Waals surface area contributed by atoms with E-state index in [9.17, 15) is 0 Å². The van der Waals surface area contributed by atoms with E-state index in [0.29, 0.717) is 24.5 Å². The second-order valence-corrected chi connectivity index (χ2v) is 9.19. The van der Waals surface area contributed by atoms with Crippen molar-refractivity contribution in [1.82, 2.24) is 14.9 Å². The summed E-state index contributed by atoms with van der Waals surface area (Å²) in [5.74, 6) is 1.95. The molecule has 0 amide bonds. The zero-order chi connectivity index (χ0) is 24.2. The molecule has 0 radical (unpaired) electrons. The van der Waals surface area contributed by atoms with E-state index < -0.39 is 0 Å². The van der Waals surface area contributed by atoms with Crippen molar-refractivity contribution in [3.63, 3.8) is 0 Å². The van der Waals surface area contributed by atoms with Gasteiger partial charge in [-0.15, -0.1) is 0 Å². The summed E-state index contributed by atoms with van der Waals surface area (Å²) in [5, 5.41) is 3.36. The van der Waals surface area contributed by atoms with E-state index in [1.807, 2.05) is 38.1 Å². The maximum Gasteiger partial charge on any atom is 0.230 e. The molecule has 0 aliphatic carbocycles. The van der Waals surface area contributed by atoms with Crippen LogP contribution in [0.2, 0.25) is 0 Å². The molecule has 34 heavy (non-hydrogen) atoms. The smallest absolute Gasteiger partial charge is 0.230 e. The number of benzene rings is 2. The molecule has 3 N–H and O–H groups in total. The molecule has 7 nitrogen and oxygen atoms in total. The number of rotatable bonds is 7. The van der Waals surface area contributed by atoms with Crippen LogP contribution in [0.5, 0.6) is 11.6 Å². The van der Waals surface area contributed by atoms with Crippen LogP contribution in [0.15, 0.2) is 36.4 Å². The fourth-order valence-corrected chi connectivity index (χ4v) is 4.52. The Morgan fingerprint density at radius 1 is 1.03 bits per heavy atom. The molecular formula is C27H35N5O2. The van der Waals surface area contributed by atoms with E-state index in [0.717, 1.165) is 65.4 Å². The van der Waals surface area contributed by atoms with Gasteiger partial charge in [0.25, 0.3) is 0 Å². The normalized spacial score (nSPS) is 14.9. The van der Waals surface area contributed by atoms with Crippen LogP contribution >= 0.6 is 0 Å². The quantitative estimate of drug-likeness (QED) is 0.481. The molecule has 3 aromatic rings. The van der Waals surface area contributed by atoms with Crippen LogP contribution in [0, 0.1) is 20.8 Å². The largest absolute Gasteiger partial charge is 0.438 e. The summed E-state index contributed by atoms with van der Waals surface area (Å²) in [6, 6.07) is 12.4. The van der Waals surface area contributed by atoms with E-state index in [4.69, 9.17) is 25.2 Å². The monoisotopic (exact) mass is 461 g/mol. The predicted molar refractivity (Wildman–Crippen MR) is 137 cm³/mol.